The number of hydrogen-bond acceptors (Lipinski definition) is 1. The Morgan fingerprint density at radius 3 is 2.85 bits per heavy atom. The van der Waals surface area contributed by atoms with Crippen LogP contribution in [0.4, 0.5) is 0 Å². The third kappa shape index (κ3) is 2.93. The highest BCUT2D eigenvalue weighted by Crippen LogP contribution is 2.06. The molecule has 13 heavy (non-hydrogen) atoms. The van der Waals surface area contributed by atoms with Gasteiger partial charge in [-0.05, 0) is 30.7 Å². The van der Waals surface area contributed by atoms with Gasteiger partial charge >= 0.3 is 0 Å². The molecule has 0 heterocycles. The van der Waals surface area contributed by atoms with Gasteiger partial charge in [0.15, 0.2) is 0 Å². The van der Waals surface area contributed by atoms with Crippen LogP contribution in [-0.4, -0.2) is 12.2 Å². The van der Waals surface area contributed by atoms with Gasteiger partial charge in [-0.25, -0.2) is 0 Å². The lowest BCUT2D eigenvalue weighted by Crippen LogP contribution is -1.85. The molecule has 0 aliphatic rings. The molecule has 0 bridgehead atoms. The quantitative estimate of drug-likeness (QED) is 0.379. The molecule has 0 amide bonds. The van der Waals surface area contributed by atoms with Crippen LogP contribution in [0.1, 0.15) is 21.5 Å². The van der Waals surface area contributed by atoms with Crippen LogP contribution >= 0.6 is 11.6 Å². The van der Waals surface area contributed by atoms with E-state index in [1.165, 1.54) is 0 Å². The minimum Gasteiger partial charge on any atom is -0.298 e. The molecule has 0 atom stereocenters. The van der Waals surface area contributed by atoms with E-state index in [1.54, 1.807) is 6.07 Å². The molecule has 0 spiro atoms. The van der Waals surface area contributed by atoms with Crippen molar-refractivity contribution >= 4 is 17.9 Å². The topological polar surface area (TPSA) is 17.1 Å². The van der Waals surface area contributed by atoms with Gasteiger partial charge in [0.1, 0.15) is 6.29 Å². The maximum absolute atomic E-state index is 10.5. The van der Waals surface area contributed by atoms with Crippen molar-refractivity contribution in [1.29, 1.82) is 0 Å². The van der Waals surface area contributed by atoms with Crippen molar-refractivity contribution in [3.05, 3.63) is 34.9 Å². The van der Waals surface area contributed by atoms with Crippen LogP contribution in [0.25, 0.3) is 0 Å². The number of aldehydes is 1. The summed E-state index contributed by atoms with van der Waals surface area (Å²) in [6, 6.07) is 5.49. The zero-order valence-corrected chi connectivity index (χ0v) is 8.06. The summed E-state index contributed by atoms with van der Waals surface area (Å²) in [4.78, 5) is 10.5. The minimum atomic E-state index is 0.310. The molecule has 1 rings (SSSR count). The fourth-order valence-electron chi connectivity index (χ4n) is 1.09. The predicted octanol–water partition coefficient (Wildman–Crippen LogP) is 2.40. The normalized spacial score (nSPS) is 8.77. The van der Waals surface area contributed by atoms with E-state index in [1.807, 2.05) is 19.1 Å². The minimum absolute atomic E-state index is 0.310. The van der Waals surface area contributed by atoms with Crippen molar-refractivity contribution < 1.29 is 4.79 Å². The van der Waals surface area contributed by atoms with Crippen LogP contribution in [0.2, 0.25) is 0 Å². The Morgan fingerprint density at radius 2 is 2.23 bits per heavy atom. The average Bonchev–Trinajstić information content (AvgIpc) is 2.14. The van der Waals surface area contributed by atoms with Crippen molar-refractivity contribution in [2.24, 2.45) is 0 Å². The van der Waals surface area contributed by atoms with E-state index in [0.717, 1.165) is 17.4 Å². The molecule has 0 unspecified atom stereocenters. The number of hydrogen-bond donors (Lipinski definition) is 0. The molecule has 1 nitrogen and oxygen atoms in total. The summed E-state index contributed by atoms with van der Waals surface area (Å²) in [6.45, 7) is 1.93. The summed E-state index contributed by atoms with van der Waals surface area (Å²) in [5.74, 6) is 5.92. The third-order valence-electron chi connectivity index (χ3n) is 1.54. The average molecular weight is 193 g/mol. The molecule has 0 N–H and O–H groups in total. The summed E-state index contributed by atoms with van der Waals surface area (Å²) in [5.41, 5.74) is 2.52. The van der Waals surface area contributed by atoms with Crippen LogP contribution in [-0.2, 0) is 0 Å². The van der Waals surface area contributed by atoms with Crippen LogP contribution in [0.15, 0.2) is 18.2 Å². The molecular formula is C11H9ClO. The number of benzene rings is 1. The van der Waals surface area contributed by atoms with Gasteiger partial charge in [-0.1, -0.05) is 11.8 Å². The SMILES string of the molecule is Cc1cc(C#CCCl)cc(C=O)c1. The largest absolute Gasteiger partial charge is 0.298 e. The molecule has 0 fully saturated rings. The Hall–Kier alpha value is -1.26. The highest BCUT2D eigenvalue weighted by Gasteiger charge is 1.94. The second-order valence-electron chi connectivity index (χ2n) is 2.69. The zero-order chi connectivity index (χ0) is 9.68. The van der Waals surface area contributed by atoms with Gasteiger partial charge in [-0.2, -0.15) is 0 Å². The van der Waals surface area contributed by atoms with Gasteiger partial charge in [-0.3, -0.25) is 4.79 Å². The fraction of sp³-hybridized carbons (Fsp3) is 0.182. The number of halogens is 1. The second-order valence-corrected chi connectivity index (χ2v) is 2.95. The Morgan fingerprint density at radius 1 is 1.46 bits per heavy atom. The first-order valence-electron chi connectivity index (χ1n) is 3.88. The first-order valence-corrected chi connectivity index (χ1v) is 4.41. The van der Waals surface area contributed by atoms with Gasteiger partial charge in [0, 0.05) is 11.1 Å². The summed E-state index contributed by atoms with van der Waals surface area (Å²) < 4.78 is 0. The molecule has 1 aromatic carbocycles. The molecule has 0 aliphatic heterocycles. The van der Waals surface area contributed by atoms with Gasteiger partial charge in [-0.15, -0.1) is 11.6 Å². The van der Waals surface area contributed by atoms with Crippen molar-refractivity contribution in [3.8, 4) is 11.8 Å². The Bertz CT molecular complexity index is 371. The van der Waals surface area contributed by atoms with Crippen LogP contribution in [0.3, 0.4) is 0 Å². The smallest absolute Gasteiger partial charge is 0.150 e. The summed E-state index contributed by atoms with van der Waals surface area (Å²) >= 11 is 5.42. The van der Waals surface area contributed by atoms with E-state index in [2.05, 4.69) is 11.8 Å². The van der Waals surface area contributed by atoms with E-state index in [0.29, 0.717) is 11.4 Å². The molecule has 0 aromatic heterocycles. The van der Waals surface area contributed by atoms with Crippen molar-refractivity contribution in [2.75, 3.05) is 5.88 Å². The Balaban J connectivity index is 3.08. The van der Waals surface area contributed by atoms with Gasteiger partial charge in [0.05, 0.1) is 5.88 Å². The first kappa shape index (κ1) is 9.83. The number of aryl methyl sites for hydroxylation is 1. The van der Waals surface area contributed by atoms with Crippen molar-refractivity contribution in [1.82, 2.24) is 0 Å². The summed E-state index contributed by atoms with van der Waals surface area (Å²) in [5, 5.41) is 0. The highest BCUT2D eigenvalue weighted by atomic mass is 35.5. The molecule has 66 valence electrons. The molecule has 0 radical (unpaired) electrons. The maximum Gasteiger partial charge on any atom is 0.150 e. The van der Waals surface area contributed by atoms with Gasteiger partial charge in [0.25, 0.3) is 0 Å². The number of carbonyl (C=O) groups is 1. The Kier molecular flexibility index (Phi) is 3.54. The molecule has 0 saturated heterocycles. The van der Waals surface area contributed by atoms with E-state index in [4.69, 9.17) is 11.6 Å². The molecule has 1 aromatic rings. The van der Waals surface area contributed by atoms with Gasteiger partial charge < -0.3 is 0 Å². The first-order chi connectivity index (χ1) is 6.26. The lowest BCUT2D eigenvalue weighted by atomic mass is 10.1. The monoisotopic (exact) mass is 192 g/mol. The highest BCUT2D eigenvalue weighted by molar-refractivity contribution is 6.19. The lowest BCUT2D eigenvalue weighted by molar-refractivity contribution is 0.112. The van der Waals surface area contributed by atoms with E-state index in [9.17, 15) is 4.79 Å². The summed E-state index contributed by atoms with van der Waals surface area (Å²) in [7, 11) is 0. The van der Waals surface area contributed by atoms with Crippen LogP contribution in [0.5, 0.6) is 0 Å². The second kappa shape index (κ2) is 4.69. The van der Waals surface area contributed by atoms with Crippen molar-refractivity contribution in [2.45, 2.75) is 6.92 Å². The zero-order valence-electron chi connectivity index (χ0n) is 7.30. The molecule has 2 heteroatoms. The third-order valence-corrected chi connectivity index (χ3v) is 1.67. The maximum atomic E-state index is 10.5. The van der Waals surface area contributed by atoms with Gasteiger partial charge in [0.2, 0.25) is 0 Å². The van der Waals surface area contributed by atoms with Crippen molar-refractivity contribution in [3.63, 3.8) is 0 Å². The molecular weight excluding hydrogens is 184 g/mol. The number of rotatable bonds is 1. The number of alkyl halides is 1. The number of carbonyl (C=O) groups excluding carboxylic acids is 1. The van der Waals surface area contributed by atoms with E-state index >= 15 is 0 Å². The van der Waals surface area contributed by atoms with E-state index in [-0.39, 0.29) is 0 Å². The van der Waals surface area contributed by atoms with Crippen LogP contribution < -0.4 is 0 Å². The fourth-order valence-corrected chi connectivity index (χ4v) is 1.16. The van der Waals surface area contributed by atoms with Crippen LogP contribution in [0, 0.1) is 18.8 Å². The molecule has 0 aliphatic carbocycles. The standard InChI is InChI=1S/C11H9ClO/c1-9-5-10(3-2-4-12)7-11(6-9)8-13/h5-8H,4H2,1H3. The Labute approximate surface area is 82.7 Å². The van der Waals surface area contributed by atoms with E-state index < -0.39 is 0 Å². The molecule has 0 saturated carbocycles. The summed E-state index contributed by atoms with van der Waals surface area (Å²) in [6.07, 6.45) is 0.818. The lowest BCUT2D eigenvalue weighted by Gasteiger charge is -1.96. The predicted molar refractivity (Wildman–Crippen MR) is 54.2 cm³/mol.